The van der Waals surface area contributed by atoms with Gasteiger partial charge in [-0.2, -0.15) is 0 Å². The number of nitrogens with two attached hydrogens (primary N) is 1. The summed E-state index contributed by atoms with van der Waals surface area (Å²) in [5.41, 5.74) is 6.40. The summed E-state index contributed by atoms with van der Waals surface area (Å²) in [7, 11) is 0. The minimum atomic E-state index is -0.269. The van der Waals surface area contributed by atoms with Crippen molar-refractivity contribution in [3.8, 4) is 5.75 Å². The third kappa shape index (κ3) is 3.19. The molecule has 17 heavy (non-hydrogen) atoms. The summed E-state index contributed by atoms with van der Waals surface area (Å²) in [5, 5.41) is 0. The van der Waals surface area contributed by atoms with Crippen LogP contribution in [-0.2, 0) is 6.42 Å². The summed E-state index contributed by atoms with van der Waals surface area (Å²) in [5.74, 6) is 0.735. The number of hydrogen-bond acceptors (Lipinski definition) is 2. The summed E-state index contributed by atoms with van der Waals surface area (Å²) in [6.07, 6.45) is 5.64. The van der Waals surface area contributed by atoms with Crippen LogP contribution in [-0.4, -0.2) is 13.2 Å². The Morgan fingerprint density at radius 3 is 2.76 bits per heavy atom. The highest BCUT2D eigenvalue weighted by atomic mass is 19.1. The van der Waals surface area contributed by atoms with Crippen LogP contribution in [0.15, 0.2) is 18.2 Å². The Morgan fingerprint density at radius 1 is 1.29 bits per heavy atom. The lowest BCUT2D eigenvalue weighted by Crippen LogP contribution is -2.12. The largest absolute Gasteiger partial charge is 0.490 e. The van der Waals surface area contributed by atoms with E-state index in [1.807, 2.05) is 6.07 Å². The third-order valence-corrected chi connectivity index (χ3v) is 3.40. The van der Waals surface area contributed by atoms with E-state index in [9.17, 15) is 4.39 Å². The second-order valence-electron chi connectivity index (χ2n) is 4.73. The van der Waals surface area contributed by atoms with Crippen LogP contribution >= 0.6 is 0 Å². The quantitative estimate of drug-likeness (QED) is 0.854. The van der Waals surface area contributed by atoms with Gasteiger partial charge in [-0.05, 0) is 43.4 Å². The van der Waals surface area contributed by atoms with Crippen molar-refractivity contribution >= 4 is 0 Å². The Kier molecular flexibility index (Phi) is 4.37. The highest BCUT2D eigenvalue weighted by Crippen LogP contribution is 2.28. The number of para-hydroxylation sites is 1. The van der Waals surface area contributed by atoms with Crippen LogP contribution in [0.3, 0.4) is 0 Å². The molecule has 2 N–H and O–H groups in total. The maximum absolute atomic E-state index is 13.7. The number of ether oxygens (including phenoxy) is 1. The molecule has 1 aliphatic rings. The van der Waals surface area contributed by atoms with E-state index in [0.717, 1.165) is 5.56 Å². The Hall–Kier alpha value is -1.09. The fraction of sp³-hybridized carbons (Fsp3) is 0.571. The summed E-state index contributed by atoms with van der Waals surface area (Å²) < 4.78 is 19.4. The van der Waals surface area contributed by atoms with Crippen molar-refractivity contribution in [1.82, 2.24) is 0 Å². The SMILES string of the molecule is NCCc1cccc(F)c1OCC1CCCC1. The molecule has 1 aromatic carbocycles. The van der Waals surface area contributed by atoms with Gasteiger partial charge in [0.05, 0.1) is 6.61 Å². The molecule has 94 valence electrons. The van der Waals surface area contributed by atoms with Gasteiger partial charge in [-0.25, -0.2) is 4.39 Å². The average molecular weight is 237 g/mol. The zero-order valence-corrected chi connectivity index (χ0v) is 10.1. The Balaban J connectivity index is 2.02. The molecular formula is C14H20FNO. The number of halogens is 1. The van der Waals surface area contributed by atoms with Crippen LogP contribution in [0.5, 0.6) is 5.75 Å². The van der Waals surface area contributed by atoms with Gasteiger partial charge in [0.15, 0.2) is 11.6 Å². The monoisotopic (exact) mass is 237 g/mol. The Bertz CT molecular complexity index is 361. The van der Waals surface area contributed by atoms with Crippen molar-refractivity contribution in [1.29, 1.82) is 0 Å². The second kappa shape index (κ2) is 6.01. The first kappa shape index (κ1) is 12.4. The van der Waals surface area contributed by atoms with Crippen LogP contribution < -0.4 is 10.5 Å². The van der Waals surface area contributed by atoms with Crippen molar-refractivity contribution in [3.63, 3.8) is 0 Å². The molecule has 0 radical (unpaired) electrons. The maximum atomic E-state index is 13.7. The molecular weight excluding hydrogens is 217 g/mol. The van der Waals surface area contributed by atoms with Gasteiger partial charge in [0.2, 0.25) is 0 Å². The Morgan fingerprint density at radius 2 is 2.06 bits per heavy atom. The molecule has 0 atom stereocenters. The fourth-order valence-electron chi connectivity index (χ4n) is 2.45. The first-order valence-electron chi connectivity index (χ1n) is 6.41. The first-order chi connectivity index (χ1) is 8.31. The van der Waals surface area contributed by atoms with Gasteiger partial charge in [0.25, 0.3) is 0 Å². The van der Waals surface area contributed by atoms with Crippen LogP contribution in [0, 0.1) is 11.7 Å². The van der Waals surface area contributed by atoms with Gasteiger partial charge in [-0.3, -0.25) is 0 Å². The molecule has 0 amide bonds. The molecule has 0 saturated heterocycles. The van der Waals surface area contributed by atoms with Gasteiger partial charge in [-0.15, -0.1) is 0 Å². The lowest BCUT2D eigenvalue weighted by atomic mass is 10.1. The Labute approximate surface area is 102 Å². The average Bonchev–Trinajstić information content (AvgIpc) is 2.82. The second-order valence-corrected chi connectivity index (χ2v) is 4.73. The van der Waals surface area contributed by atoms with E-state index in [1.54, 1.807) is 6.07 Å². The van der Waals surface area contributed by atoms with Crippen LogP contribution in [0.25, 0.3) is 0 Å². The normalized spacial score (nSPS) is 16.4. The van der Waals surface area contributed by atoms with Crippen molar-refractivity contribution in [2.45, 2.75) is 32.1 Å². The highest BCUT2D eigenvalue weighted by Gasteiger charge is 2.17. The fourth-order valence-corrected chi connectivity index (χ4v) is 2.45. The van der Waals surface area contributed by atoms with E-state index in [0.29, 0.717) is 31.2 Å². The topological polar surface area (TPSA) is 35.2 Å². The molecule has 1 fully saturated rings. The van der Waals surface area contributed by atoms with E-state index >= 15 is 0 Å². The van der Waals surface area contributed by atoms with Crippen molar-refractivity contribution in [2.24, 2.45) is 11.7 Å². The van der Waals surface area contributed by atoms with Gasteiger partial charge >= 0.3 is 0 Å². The minimum Gasteiger partial charge on any atom is -0.490 e. The van der Waals surface area contributed by atoms with Gasteiger partial charge in [0.1, 0.15) is 0 Å². The molecule has 2 rings (SSSR count). The lowest BCUT2D eigenvalue weighted by molar-refractivity contribution is 0.240. The molecule has 0 aromatic heterocycles. The molecule has 0 aliphatic heterocycles. The highest BCUT2D eigenvalue weighted by molar-refractivity contribution is 5.35. The van der Waals surface area contributed by atoms with Crippen molar-refractivity contribution in [3.05, 3.63) is 29.6 Å². The van der Waals surface area contributed by atoms with Gasteiger partial charge in [0, 0.05) is 0 Å². The lowest BCUT2D eigenvalue weighted by Gasteiger charge is -2.15. The smallest absolute Gasteiger partial charge is 0.165 e. The number of rotatable bonds is 5. The van der Waals surface area contributed by atoms with Gasteiger partial charge in [-0.1, -0.05) is 25.0 Å². The third-order valence-electron chi connectivity index (χ3n) is 3.40. The standard InChI is InChI=1S/C14H20FNO/c15-13-7-3-6-12(8-9-16)14(13)17-10-11-4-1-2-5-11/h3,6-7,11H,1-2,4-5,8-10,16H2. The summed E-state index contributed by atoms with van der Waals surface area (Å²) >= 11 is 0. The van der Waals surface area contributed by atoms with E-state index in [-0.39, 0.29) is 5.82 Å². The molecule has 0 heterocycles. The molecule has 0 spiro atoms. The molecule has 1 aliphatic carbocycles. The molecule has 2 nitrogen and oxygen atoms in total. The van der Waals surface area contributed by atoms with Crippen LogP contribution in [0.1, 0.15) is 31.2 Å². The maximum Gasteiger partial charge on any atom is 0.165 e. The molecule has 0 bridgehead atoms. The van der Waals surface area contributed by atoms with E-state index in [4.69, 9.17) is 10.5 Å². The number of hydrogen-bond donors (Lipinski definition) is 1. The van der Waals surface area contributed by atoms with Crippen LogP contribution in [0.4, 0.5) is 4.39 Å². The predicted octanol–water partition coefficient (Wildman–Crippen LogP) is 2.90. The van der Waals surface area contributed by atoms with E-state index in [2.05, 4.69) is 0 Å². The molecule has 3 heteroatoms. The molecule has 1 saturated carbocycles. The summed E-state index contributed by atoms with van der Waals surface area (Å²) in [6, 6.07) is 5.05. The van der Waals surface area contributed by atoms with E-state index in [1.165, 1.54) is 31.7 Å². The number of benzene rings is 1. The van der Waals surface area contributed by atoms with Gasteiger partial charge < -0.3 is 10.5 Å². The zero-order chi connectivity index (χ0) is 12.1. The van der Waals surface area contributed by atoms with E-state index < -0.39 is 0 Å². The molecule has 0 unspecified atom stereocenters. The summed E-state index contributed by atoms with van der Waals surface area (Å²) in [6.45, 7) is 1.15. The van der Waals surface area contributed by atoms with Crippen molar-refractivity contribution < 1.29 is 9.13 Å². The molecule has 1 aromatic rings. The first-order valence-corrected chi connectivity index (χ1v) is 6.41. The zero-order valence-electron chi connectivity index (χ0n) is 10.1. The minimum absolute atomic E-state index is 0.269. The van der Waals surface area contributed by atoms with Crippen molar-refractivity contribution in [2.75, 3.05) is 13.2 Å². The summed E-state index contributed by atoms with van der Waals surface area (Å²) in [4.78, 5) is 0. The predicted molar refractivity (Wildman–Crippen MR) is 66.6 cm³/mol. The van der Waals surface area contributed by atoms with Crippen LogP contribution in [0.2, 0.25) is 0 Å².